The van der Waals surface area contributed by atoms with E-state index in [9.17, 15) is 0 Å². The van der Waals surface area contributed by atoms with E-state index >= 15 is 0 Å². The van der Waals surface area contributed by atoms with Gasteiger partial charge in [0.1, 0.15) is 6.61 Å². The third kappa shape index (κ3) is 1.69. The van der Waals surface area contributed by atoms with Gasteiger partial charge in [0.15, 0.2) is 11.5 Å². The molecule has 0 radical (unpaired) electrons. The molecule has 0 aromatic heterocycles. The number of hydrogen-bond acceptors (Lipinski definition) is 4. The number of hydrogen-bond donors (Lipinski definition) is 0. The summed E-state index contributed by atoms with van der Waals surface area (Å²) in [7, 11) is 0. The Kier molecular flexibility index (Phi) is 2.25. The van der Waals surface area contributed by atoms with Crippen LogP contribution in [0, 0.1) is 0 Å². The van der Waals surface area contributed by atoms with Gasteiger partial charge in [-0.1, -0.05) is 12.1 Å². The summed E-state index contributed by atoms with van der Waals surface area (Å²) >= 11 is 4.48. The van der Waals surface area contributed by atoms with Crippen molar-refractivity contribution in [2.24, 2.45) is 4.99 Å². The predicted octanol–water partition coefficient (Wildman–Crippen LogP) is 1.89. The van der Waals surface area contributed by atoms with Crippen molar-refractivity contribution in [3.05, 3.63) is 24.3 Å². The Morgan fingerprint density at radius 3 is 2.92 bits per heavy atom. The van der Waals surface area contributed by atoms with Gasteiger partial charge in [-0.3, -0.25) is 0 Å². The molecule has 1 aromatic rings. The van der Waals surface area contributed by atoms with Crippen LogP contribution in [0.2, 0.25) is 0 Å². The van der Waals surface area contributed by atoms with Crippen LogP contribution >= 0.6 is 12.2 Å². The molecule has 0 amide bonds. The zero-order chi connectivity index (χ0) is 9.10. The van der Waals surface area contributed by atoms with Gasteiger partial charge >= 0.3 is 0 Å². The topological polar surface area (TPSA) is 30.8 Å². The molecule has 0 saturated heterocycles. The van der Waals surface area contributed by atoms with Crippen molar-refractivity contribution in [1.82, 2.24) is 0 Å². The van der Waals surface area contributed by atoms with Gasteiger partial charge in [0.05, 0.1) is 5.16 Å². The Bertz CT molecular complexity index is 360. The molecule has 1 unspecified atom stereocenters. The molecule has 0 fully saturated rings. The zero-order valence-corrected chi connectivity index (χ0v) is 7.58. The molecule has 1 aliphatic rings. The van der Waals surface area contributed by atoms with Crippen molar-refractivity contribution in [2.75, 3.05) is 6.61 Å². The summed E-state index contributed by atoms with van der Waals surface area (Å²) in [6.45, 7) is 0.390. The quantitative estimate of drug-likeness (QED) is 0.504. The highest BCUT2D eigenvalue weighted by atomic mass is 32.1. The SMILES string of the molecule is S=C=NC1COc2ccccc2O1. The number of fused-ring (bicyclic) bond motifs is 1. The lowest BCUT2D eigenvalue weighted by Crippen LogP contribution is -2.26. The maximum Gasteiger partial charge on any atom is 0.232 e. The first-order valence-electron chi connectivity index (χ1n) is 3.85. The van der Waals surface area contributed by atoms with Crippen LogP contribution < -0.4 is 9.47 Å². The largest absolute Gasteiger partial charge is 0.484 e. The summed E-state index contributed by atoms with van der Waals surface area (Å²) in [5.74, 6) is 1.45. The van der Waals surface area contributed by atoms with Gasteiger partial charge < -0.3 is 9.47 Å². The number of aliphatic imine (C=N–C) groups is 1. The lowest BCUT2D eigenvalue weighted by molar-refractivity contribution is 0.0981. The van der Waals surface area contributed by atoms with E-state index in [1.807, 2.05) is 24.3 Å². The minimum atomic E-state index is -0.354. The van der Waals surface area contributed by atoms with Crippen molar-refractivity contribution < 1.29 is 9.47 Å². The Hall–Kier alpha value is -1.38. The molecular formula is C9H7NO2S. The predicted molar refractivity (Wildman–Crippen MR) is 51.4 cm³/mol. The van der Waals surface area contributed by atoms with Gasteiger partial charge in [0, 0.05) is 0 Å². The number of nitrogens with zero attached hydrogens (tertiary/aromatic N) is 1. The molecule has 0 N–H and O–H groups in total. The maximum absolute atomic E-state index is 5.45. The average Bonchev–Trinajstić information content (AvgIpc) is 2.18. The van der Waals surface area contributed by atoms with Crippen molar-refractivity contribution >= 4 is 17.4 Å². The highest BCUT2D eigenvalue weighted by molar-refractivity contribution is 7.78. The summed E-state index contributed by atoms with van der Waals surface area (Å²) in [6.07, 6.45) is -0.354. The fourth-order valence-corrected chi connectivity index (χ4v) is 1.25. The highest BCUT2D eigenvalue weighted by Gasteiger charge is 2.18. The Morgan fingerprint density at radius 1 is 1.38 bits per heavy atom. The number of isothiocyanates is 1. The fourth-order valence-electron chi connectivity index (χ4n) is 1.13. The summed E-state index contributed by atoms with van der Waals surface area (Å²) in [6, 6.07) is 7.46. The molecule has 0 saturated carbocycles. The second-order valence-corrected chi connectivity index (χ2v) is 2.73. The molecule has 4 heteroatoms. The van der Waals surface area contributed by atoms with Gasteiger partial charge in [-0.05, 0) is 24.4 Å². The Balaban J connectivity index is 2.24. The van der Waals surface area contributed by atoms with Crippen LogP contribution in [0.25, 0.3) is 0 Å². The van der Waals surface area contributed by atoms with E-state index in [4.69, 9.17) is 9.47 Å². The lowest BCUT2D eigenvalue weighted by Gasteiger charge is -2.22. The van der Waals surface area contributed by atoms with Crippen LogP contribution in [0.15, 0.2) is 29.3 Å². The van der Waals surface area contributed by atoms with Crippen LogP contribution in [-0.4, -0.2) is 18.0 Å². The van der Waals surface area contributed by atoms with E-state index in [-0.39, 0.29) is 6.23 Å². The van der Waals surface area contributed by atoms with Gasteiger partial charge in [-0.2, -0.15) is 4.99 Å². The molecular weight excluding hydrogens is 186 g/mol. The molecule has 13 heavy (non-hydrogen) atoms. The highest BCUT2D eigenvalue weighted by Crippen LogP contribution is 2.30. The second kappa shape index (κ2) is 3.56. The van der Waals surface area contributed by atoms with Crippen molar-refractivity contribution in [3.8, 4) is 11.5 Å². The van der Waals surface area contributed by atoms with Gasteiger partial charge in [-0.25, -0.2) is 0 Å². The van der Waals surface area contributed by atoms with Gasteiger partial charge in [0.2, 0.25) is 6.23 Å². The maximum atomic E-state index is 5.45. The molecule has 0 spiro atoms. The molecule has 0 aliphatic carbocycles. The van der Waals surface area contributed by atoms with Crippen LogP contribution in [-0.2, 0) is 0 Å². The molecule has 1 aromatic carbocycles. The van der Waals surface area contributed by atoms with Crippen LogP contribution in [0.3, 0.4) is 0 Å². The average molecular weight is 193 g/mol. The van der Waals surface area contributed by atoms with Crippen LogP contribution in [0.4, 0.5) is 0 Å². The molecule has 66 valence electrons. The number of para-hydroxylation sites is 2. The molecule has 1 heterocycles. The first kappa shape index (κ1) is 8.23. The lowest BCUT2D eigenvalue weighted by atomic mass is 10.3. The molecule has 2 rings (SSSR count). The first-order chi connectivity index (χ1) is 6.40. The van der Waals surface area contributed by atoms with Crippen LogP contribution in [0.5, 0.6) is 11.5 Å². The summed E-state index contributed by atoms with van der Waals surface area (Å²) in [4.78, 5) is 3.80. The smallest absolute Gasteiger partial charge is 0.232 e. The van der Waals surface area contributed by atoms with Crippen molar-refractivity contribution in [2.45, 2.75) is 6.23 Å². The standard InChI is InChI=1S/C9H7NO2S/c13-6-10-9-5-11-7-3-1-2-4-8(7)12-9/h1-4,9H,5H2. The van der Waals surface area contributed by atoms with Crippen molar-refractivity contribution in [3.63, 3.8) is 0 Å². The second-order valence-electron chi connectivity index (χ2n) is 2.55. The first-order valence-corrected chi connectivity index (χ1v) is 4.26. The van der Waals surface area contributed by atoms with Crippen molar-refractivity contribution in [1.29, 1.82) is 0 Å². The normalized spacial score (nSPS) is 18.9. The zero-order valence-electron chi connectivity index (χ0n) is 6.77. The van der Waals surface area contributed by atoms with E-state index < -0.39 is 0 Å². The molecule has 3 nitrogen and oxygen atoms in total. The van der Waals surface area contributed by atoms with Gasteiger partial charge in [-0.15, -0.1) is 0 Å². The van der Waals surface area contributed by atoms with E-state index in [1.54, 1.807) is 0 Å². The Morgan fingerprint density at radius 2 is 2.15 bits per heavy atom. The van der Waals surface area contributed by atoms with E-state index in [1.165, 1.54) is 0 Å². The molecule has 1 aliphatic heterocycles. The number of ether oxygens (including phenoxy) is 2. The fraction of sp³-hybridized carbons (Fsp3) is 0.222. The Labute approximate surface area is 81.0 Å². The number of benzene rings is 1. The summed E-state index contributed by atoms with van der Waals surface area (Å²) in [5.41, 5.74) is 0. The molecule has 0 bridgehead atoms. The van der Waals surface area contributed by atoms with Crippen LogP contribution in [0.1, 0.15) is 0 Å². The minimum absolute atomic E-state index is 0.354. The number of rotatable bonds is 1. The monoisotopic (exact) mass is 193 g/mol. The number of thiocarbonyl (C=S) groups is 1. The van der Waals surface area contributed by atoms with Gasteiger partial charge in [0.25, 0.3) is 0 Å². The third-order valence-electron chi connectivity index (χ3n) is 1.69. The third-order valence-corrected chi connectivity index (χ3v) is 1.80. The van der Waals surface area contributed by atoms with E-state index in [0.29, 0.717) is 12.4 Å². The summed E-state index contributed by atoms with van der Waals surface area (Å²) in [5, 5.41) is 2.27. The van der Waals surface area contributed by atoms with E-state index in [2.05, 4.69) is 22.4 Å². The summed E-state index contributed by atoms with van der Waals surface area (Å²) < 4.78 is 10.8. The van der Waals surface area contributed by atoms with E-state index in [0.717, 1.165) is 5.75 Å². The minimum Gasteiger partial charge on any atom is -0.484 e. The molecule has 1 atom stereocenters.